The minimum atomic E-state index is -0.543. The van der Waals surface area contributed by atoms with E-state index >= 15 is 0 Å². The maximum Gasteiger partial charge on any atom is 0.251 e. The molecule has 0 bridgehead atoms. The van der Waals surface area contributed by atoms with Crippen LogP contribution in [0.1, 0.15) is 5.69 Å². The summed E-state index contributed by atoms with van der Waals surface area (Å²) >= 11 is 0. The second kappa shape index (κ2) is 5.56. The summed E-state index contributed by atoms with van der Waals surface area (Å²) in [7, 11) is 0. The Kier molecular flexibility index (Phi) is 3.84. The number of nitrogens with zero attached hydrogens (tertiary/aromatic N) is 1. The number of benzene rings is 1. The van der Waals surface area contributed by atoms with Gasteiger partial charge in [0.25, 0.3) is 5.56 Å². The van der Waals surface area contributed by atoms with Crippen molar-refractivity contribution < 1.29 is 9.18 Å². The summed E-state index contributed by atoms with van der Waals surface area (Å²) in [5.74, 6) is -0.925. The lowest BCUT2D eigenvalue weighted by Crippen LogP contribution is -2.28. The molecule has 20 heavy (non-hydrogen) atoms. The normalized spacial score (nSPS) is 10.3. The van der Waals surface area contributed by atoms with Gasteiger partial charge in [-0.1, -0.05) is 6.07 Å². The second-order valence-corrected chi connectivity index (χ2v) is 4.38. The number of carbonyl (C=O) groups excluding carboxylic acids is 1. The molecule has 1 heterocycles. The van der Waals surface area contributed by atoms with Gasteiger partial charge in [-0.3, -0.25) is 9.59 Å². The zero-order chi connectivity index (χ0) is 14.7. The van der Waals surface area contributed by atoms with E-state index < -0.39 is 5.82 Å². The van der Waals surface area contributed by atoms with Gasteiger partial charge in [0, 0.05) is 17.4 Å². The number of aryl methyl sites for hydroxylation is 1. The quantitative estimate of drug-likeness (QED) is 0.834. The number of halogens is 1. The SMILES string of the molecule is Cc1cccc(=O)n1CC(=O)Nc1ccc(F)c(N)c1. The number of hydrogen-bond acceptors (Lipinski definition) is 3. The largest absolute Gasteiger partial charge is 0.396 e. The van der Waals surface area contributed by atoms with E-state index in [0.717, 1.165) is 0 Å². The van der Waals surface area contributed by atoms with Crippen LogP contribution in [0.4, 0.5) is 15.8 Å². The van der Waals surface area contributed by atoms with Crippen LogP contribution < -0.4 is 16.6 Å². The summed E-state index contributed by atoms with van der Waals surface area (Å²) in [4.78, 5) is 23.5. The van der Waals surface area contributed by atoms with Crippen LogP contribution in [0, 0.1) is 12.7 Å². The highest BCUT2D eigenvalue weighted by Gasteiger charge is 2.08. The van der Waals surface area contributed by atoms with E-state index in [2.05, 4.69) is 5.32 Å². The highest BCUT2D eigenvalue weighted by molar-refractivity contribution is 5.91. The van der Waals surface area contributed by atoms with Crippen molar-refractivity contribution >= 4 is 17.3 Å². The predicted octanol–water partition coefficient (Wildman–Crippen LogP) is 1.52. The van der Waals surface area contributed by atoms with Crippen LogP contribution in [0.5, 0.6) is 0 Å². The molecule has 2 aromatic rings. The molecule has 0 unspecified atom stereocenters. The molecule has 3 N–H and O–H groups in total. The molecule has 5 nitrogen and oxygen atoms in total. The van der Waals surface area contributed by atoms with Gasteiger partial charge in [-0.25, -0.2) is 4.39 Å². The van der Waals surface area contributed by atoms with Crippen molar-refractivity contribution in [2.75, 3.05) is 11.1 Å². The van der Waals surface area contributed by atoms with Crippen molar-refractivity contribution in [2.45, 2.75) is 13.5 Å². The summed E-state index contributed by atoms with van der Waals surface area (Å²) in [6, 6.07) is 8.66. The lowest BCUT2D eigenvalue weighted by Gasteiger charge is -2.10. The maximum absolute atomic E-state index is 13.0. The second-order valence-electron chi connectivity index (χ2n) is 4.38. The Balaban J connectivity index is 2.13. The summed E-state index contributed by atoms with van der Waals surface area (Å²) in [6.07, 6.45) is 0. The van der Waals surface area contributed by atoms with Crippen molar-refractivity contribution in [1.29, 1.82) is 0 Å². The first-order valence-corrected chi connectivity index (χ1v) is 5.98. The Labute approximate surface area is 114 Å². The van der Waals surface area contributed by atoms with Gasteiger partial charge in [-0.15, -0.1) is 0 Å². The first-order chi connectivity index (χ1) is 9.47. The highest BCUT2D eigenvalue weighted by atomic mass is 19.1. The monoisotopic (exact) mass is 275 g/mol. The van der Waals surface area contributed by atoms with Gasteiger partial charge in [0.2, 0.25) is 5.91 Å². The molecule has 2 rings (SSSR count). The number of anilines is 2. The van der Waals surface area contributed by atoms with E-state index in [9.17, 15) is 14.0 Å². The number of carbonyl (C=O) groups is 1. The fourth-order valence-corrected chi connectivity index (χ4v) is 1.79. The van der Waals surface area contributed by atoms with Crippen LogP contribution >= 0.6 is 0 Å². The third-order valence-corrected chi connectivity index (χ3v) is 2.85. The van der Waals surface area contributed by atoms with Gasteiger partial charge >= 0.3 is 0 Å². The average Bonchev–Trinajstić information content (AvgIpc) is 2.38. The van der Waals surface area contributed by atoms with Crippen molar-refractivity contribution in [3.05, 3.63) is 58.3 Å². The minimum absolute atomic E-state index is 0.0455. The number of amides is 1. The Morgan fingerprint density at radius 1 is 1.35 bits per heavy atom. The predicted molar refractivity (Wildman–Crippen MR) is 74.9 cm³/mol. The summed E-state index contributed by atoms with van der Waals surface area (Å²) in [5.41, 5.74) is 6.19. The molecular weight excluding hydrogens is 261 g/mol. The van der Waals surface area contributed by atoms with Gasteiger partial charge < -0.3 is 15.6 Å². The van der Waals surface area contributed by atoms with Crippen molar-refractivity contribution in [3.8, 4) is 0 Å². The van der Waals surface area contributed by atoms with Gasteiger partial charge in [0.15, 0.2) is 0 Å². The number of hydrogen-bond donors (Lipinski definition) is 2. The van der Waals surface area contributed by atoms with Gasteiger partial charge in [-0.05, 0) is 31.2 Å². The topological polar surface area (TPSA) is 77.1 Å². The van der Waals surface area contributed by atoms with E-state index in [1.54, 1.807) is 19.1 Å². The number of pyridine rings is 1. The van der Waals surface area contributed by atoms with Gasteiger partial charge in [0.1, 0.15) is 12.4 Å². The number of aromatic nitrogens is 1. The zero-order valence-corrected chi connectivity index (χ0v) is 10.9. The molecule has 0 aliphatic rings. The van der Waals surface area contributed by atoms with Crippen molar-refractivity contribution in [2.24, 2.45) is 0 Å². The smallest absolute Gasteiger partial charge is 0.251 e. The lowest BCUT2D eigenvalue weighted by molar-refractivity contribution is -0.116. The summed E-state index contributed by atoms with van der Waals surface area (Å²) < 4.78 is 14.4. The molecule has 0 spiro atoms. The summed E-state index contributed by atoms with van der Waals surface area (Å²) in [6.45, 7) is 1.63. The first-order valence-electron chi connectivity index (χ1n) is 5.98. The van der Waals surface area contributed by atoms with E-state index in [1.807, 2.05) is 0 Å². The number of rotatable bonds is 3. The Hall–Kier alpha value is -2.63. The number of nitrogens with one attached hydrogen (secondary N) is 1. The molecule has 0 radical (unpaired) electrons. The molecule has 0 saturated heterocycles. The molecule has 1 amide bonds. The first kappa shape index (κ1) is 13.8. The molecule has 104 valence electrons. The summed E-state index contributed by atoms with van der Waals surface area (Å²) in [5, 5.41) is 2.57. The van der Waals surface area contributed by atoms with Crippen LogP contribution in [0.2, 0.25) is 0 Å². The van der Waals surface area contributed by atoms with Crippen LogP contribution in [0.15, 0.2) is 41.2 Å². The van der Waals surface area contributed by atoms with Crippen molar-refractivity contribution in [1.82, 2.24) is 4.57 Å². The molecule has 1 aromatic carbocycles. The van der Waals surface area contributed by atoms with E-state index in [0.29, 0.717) is 11.4 Å². The third-order valence-electron chi connectivity index (χ3n) is 2.85. The molecule has 0 atom stereocenters. The lowest BCUT2D eigenvalue weighted by atomic mass is 10.2. The Morgan fingerprint density at radius 3 is 2.75 bits per heavy atom. The van der Waals surface area contributed by atoms with Gasteiger partial charge in [-0.2, -0.15) is 0 Å². The van der Waals surface area contributed by atoms with Crippen LogP contribution in [0.25, 0.3) is 0 Å². The molecular formula is C14H14FN3O2. The van der Waals surface area contributed by atoms with Crippen molar-refractivity contribution in [3.63, 3.8) is 0 Å². The number of nitrogens with two attached hydrogens (primary N) is 1. The third kappa shape index (κ3) is 3.03. The molecule has 0 saturated carbocycles. The minimum Gasteiger partial charge on any atom is -0.396 e. The zero-order valence-electron chi connectivity index (χ0n) is 10.9. The van der Waals surface area contributed by atoms with E-state index in [1.165, 1.54) is 28.8 Å². The Morgan fingerprint density at radius 2 is 2.10 bits per heavy atom. The standard InChI is InChI=1S/C14H14FN3O2/c1-9-3-2-4-14(20)18(9)8-13(19)17-10-5-6-11(15)12(16)7-10/h2-7H,8,16H2,1H3,(H,17,19). The molecule has 0 fully saturated rings. The fourth-order valence-electron chi connectivity index (χ4n) is 1.79. The van der Waals surface area contributed by atoms with Crippen LogP contribution in [-0.4, -0.2) is 10.5 Å². The molecule has 6 heteroatoms. The van der Waals surface area contributed by atoms with E-state index in [4.69, 9.17) is 5.73 Å². The molecule has 1 aromatic heterocycles. The van der Waals surface area contributed by atoms with E-state index in [-0.39, 0.29) is 23.7 Å². The molecule has 0 aliphatic heterocycles. The fraction of sp³-hybridized carbons (Fsp3) is 0.143. The van der Waals surface area contributed by atoms with Crippen LogP contribution in [0.3, 0.4) is 0 Å². The molecule has 0 aliphatic carbocycles. The van der Waals surface area contributed by atoms with Gasteiger partial charge in [0.05, 0.1) is 5.69 Å². The average molecular weight is 275 g/mol. The number of nitrogen functional groups attached to an aromatic ring is 1. The Bertz CT molecular complexity index is 710. The van der Waals surface area contributed by atoms with Crippen LogP contribution in [-0.2, 0) is 11.3 Å². The highest BCUT2D eigenvalue weighted by Crippen LogP contribution is 2.16. The maximum atomic E-state index is 13.0.